The molecule has 0 fully saturated rings. The molecule has 1 aliphatic heterocycles. The van der Waals surface area contributed by atoms with E-state index in [4.69, 9.17) is 21.1 Å². The number of nitrogens with one attached hydrogen (secondary N) is 2. The highest BCUT2D eigenvalue weighted by molar-refractivity contribution is 7.92. The number of carbonyl (C=O) groups excluding carboxylic acids is 1. The van der Waals surface area contributed by atoms with Crippen LogP contribution in [0, 0.1) is 0 Å². The summed E-state index contributed by atoms with van der Waals surface area (Å²) in [4.78, 5) is 12.6. The van der Waals surface area contributed by atoms with Crippen LogP contribution in [0.4, 0.5) is 11.4 Å². The molecule has 160 valence electrons. The maximum Gasteiger partial charge on any atom is 0.261 e. The van der Waals surface area contributed by atoms with Crippen LogP contribution >= 0.6 is 11.6 Å². The van der Waals surface area contributed by atoms with Crippen molar-refractivity contribution in [1.82, 2.24) is 0 Å². The fourth-order valence-corrected chi connectivity index (χ4v) is 4.15. The van der Waals surface area contributed by atoms with Crippen molar-refractivity contribution in [3.8, 4) is 11.5 Å². The van der Waals surface area contributed by atoms with E-state index in [2.05, 4.69) is 10.0 Å². The number of sulfonamides is 1. The molecule has 0 unspecified atom stereocenters. The van der Waals surface area contributed by atoms with E-state index in [0.717, 1.165) is 6.42 Å². The van der Waals surface area contributed by atoms with Gasteiger partial charge in [0, 0.05) is 34.4 Å². The van der Waals surface area contributed by atoms with E-state index in [9.17, 15) is 13.2 Å². The van der Waals surface area contributed by atoms with E-state index in [0.29, 0.717) is 46.7 Å². The lowest BCUT2D eigenvalue weighted by molar-refractivity contribution is 0.102. The predicted octanol–water partition coefficient (Wildman–Crippen LogP) is 4.55. The van der Waals surface area contributed by atoms with Gasteiger partial charge in [-0.1, -0.05) is 11.6 Å². The molecule has 2 N–H and O–H groups in total. The van der Waals surface area contributed by atoms with Gasteiger partial charge in [-0.05, 0) is 60.7 Å². The summed E-state index contributed by atoms with van der Waals surface area (Å²) >= 11 is 5.82. The molecule has 0 aliphatic carbocycles. The number of anilines is 2. The van der Waals surface area contributed by atoms with Gasteiger partial charge in [0.05, 0.1) is 18.1 Å². The lowest BCUT2D eigenvalue weighted by Crippen LogP contribution is -2.15. The summed E-state index contributed by atoms with van der Waals surface area (Å²) < 4.78 is 38.8. The van der Waals surface area contributed by atoms with Crippen molar-refractivity contribution in [1.29, 1.82) is 0 Å². The van der Waals surface area contributed by atoms with Crippen LogP contribution in [0.1, 0.15) is 16.8 Å². The first kappa shape index (κ1) is 21.0. The zero-order chi connectivity index (χ0) is 21.8. The van der Waals surface area contributed by atoms with Gasteiger partial charge in [-0.3, -0.25) is 9.52 Å². The first-order chi connectivity index (χ1) is 14.9. The van der Waals surface area contributed by atoms with Crippen molar-refractivity contribution in [2.24, 2.45) is 0 Å². The molecule has 0 bridgehead atoms. The SMILES string of the molecule is O=C(Nc1ccc2c(c1)OCCCO2)c1ccc(S(=O)(=O)Nc2ccc(Cl)cc2)cc1. The molecule has 0 radical (unpaired) electrons. The minimum absolute atomic E-state index is 0.0366. The van der Waals surface area contributed by atoms with E-state index in [1.165, 1.54) is 24.3 Å². The third-order valence-corrected chi connectivity index (χ3v) is 6.18. The Morgan fingerprint density at radius 2 is 1.48 bits per heavy atom. The fourth-order valence-electron chi connectivity index (χ4n) is 2.96. The fraction of sp³-hybridized carbons (Fsp3) is 0.136. The van der Waals surface area contributed by atoms with E-state index < -0.39 is 10.0 Å². The van der Waals surface area contributed by atoms with Crippen LogP contribution in [0.15, 0.2) is 71.6 Å². The Morgan fingerprint density at radius 3 is 2.19 bits per heavy atom. The van der Waals surface area contributed by atoms with Gasteiger partial charge in [0.1, 0.15) is 0 Å². The average Bonchev–Trinajstić information content (AvgIpc) is 3.00. The normalized spacial score (nSPS) is 13.2. The number of ether oxygens (including phenoxy) is 2. The van der Waals surface area contributed by atoms with Crippen molar-refractivity contribution < 1.29 is 22.7 Å². The zero-order valence-electron chi connectivity index (χ0n) is 16.3. The predicted molar refractivity (Wildman–Crippen MR) is 119 cm³/mol. The third-order valence-electron chi connectivity index (χ3n) is 4.53. The summed E-state index contributed by atoms with van der Waals surface area (Å²) in [5, 5.41) is 3.29. The van der Waals surface area contributed by atoms with Crippen LogP contribution in [0.25, 0.3) is 0 Å². The van der Waals surface area contributed by atoms with Gasteiger partial charge in [0.15, 0.2) is 11.5 Å². The van der Waals surface area contributed by atoms with Crippen molar-refractivity contribution >= 4 is 38.9 Å². The van der Waals surface area contributed by atoms with Crippen LogP contribution < -0.4 is 19.5 Å². The molecule has 1 amide bonds. The van der Waals surface area contributed by atoms with Gasteiger partial charge in [-0.25, -0.2) is 8.42 Å². The first-order valence-corrected chi connectivity index (χ1v) is 11.4. The molecule has 0 saturated heterocycles. The minimum atomic E-state index is -3.80. The Hall–Kier alpha value is -3.23. The molecule has 1 heterocycles. The third kappa shape index (κ3) is 5.10. The Kier molecular flexibility index (Phi) is 6.01. The number of hydrogen-bond acceptors (Lipinski definition) is 5. The molecule has 0 aromatic heterocycles. The van der Waals surface area contributed by atoms with Crippen LogP contribution in [0.2, 0.25) is 5.02 Å². The van der Waals surface area contributed by atoms with Gasteiger partial charge in [-0.15, -0.1) is 0 Å². The average molecular weight is 459 g/mol. The summed E-state index contributed by atoms with van der Waals surface area (Å²) in [7, 11) is -3.80. The molecule has 1 aliphatic rings. The number of halogens is 1. The lowest BCUT2D eigenvalue weighted by Gasteiger charge is -2.11. The van der Waals surface area contributed by atoms with Crippen molar-refractivity contribution in [3.63, 3.8) is 0 Å². The number of hydrogen-bond donors (Lipinski definition) is 2. The molecular formula is C22H19ClN2O5S. The molecule has 3 aromatic rings. The van der Waals surface area contributed by atoms with Crippen LogP contribution in [0.5, 0.6) is 11.5 Å². The maximum absolute atomic E-state index is 12.6. The van der Waals surface area contributed by atoms with Gasteiger partial charge in [0.2, 0.25) is 0 Å². The molecular weight excluding hydrogens is 440 g/mol. The molecule has 0 atom stereocenters. The maximum atomic E-state index is 12.6. The van der Waals surface area contributed by atoms with Crippen LogP contribution in [-0.2, 0) is 10.0 Å². The Labute approximate surface area is 185 Å². The summed E-state index contributed by atoms with van der Waals surface area (Å²) in [6.07, 6.45) is 0.790. The smallest absolute Gasteiger partial charge is 0.261 e. The monoisotopic (exact) mass is 458 g/mol. The largest absolute Gasteiger partial charge is 0.490 e. The highest BCUT2D eigenvalue weighted by Gasteiger charge is 2.16. The van der Waals surface area contributed by atoms with Gasteiger partial charge in [-0.2, -0.15) is 0 Å². The Balaban J connectivity index is 1.45. The molecule has 0 spiro atoms. The van der Waals surface area contributed by atoms with Gasteiger partial charge >= 0.3 is 0 Å². The van der Waals surface area contributed by atoms with Crippen molar-refractivity contribution in [2.75, 3.05) is 23.3 Å². The molecule has 31 heavy (non-hydrogen) atoms. The Morgan fingerprint density at radius 1 is 0.839 bits per heavy atom. The van der Waals surface area contributed by atoms with E-state index >= 15 is 0 Å². The van der Waals surface area contributed by atoms with E-state index in [1.807, 2.05) is 0 Å². The number of benzene rings is 3. The molecule has 9 heteroatoms. The molecule has 4 rings (SSSR count). The standard InChI is InChI=1S/C22H19ClN2O5S/c23-16-4-6-17(7-5-16)25-31(27,28)19-9-2-15(3-10-19)22(26)24-18-8-11-20-21(14-18)30-13-1-12-29-20/h2-11,14,25H,1,12-13H2,(H,24,26). The van der Waals surface area contributed by atoms with Crippen LogP contribution in [0.3, 0.4) is 0 Å². The molecule has 7 nitrogen and oxygen atoms in total. The quantitative estimate of drug-likeness (QED) is 0.584. The number of fused-ring (bicyclic) bond motifs is 1. The number of carbonyl (C=O) groups is 1. The summed E-state index contributed by atoms with van der Waals surface area (Å²) in [5.41, 5.74) is 1.26. The number of rotatable bonds is 5. The summed E-state index contributed by atoms with van der Waals surface area (Å²) in [6, 6.07) is 17.1. The zero-order valence-corrected chi connectivity index (χ0v) is 17.9. The van der Waals surface area contributed by atoms with Gasteiger partial charge < -0.3 is 14.8 Å². The lowest BCUT2D eigenvalue weighted by atomic mass is 10.2. The van der Waals surface area contributed by atoms with Crippen LogP contribution in [-0.4, -0.2) is 27.5 Å². The van der Waals surface area contributed by atoms with Crippen molar-refractivity contribution in [2.45, 2.75) is 11.3 Å². The summed E-state index contributed by atoms with van der Waals surface area (Å²) in [6.45, 7) is 1.13. The van der Waals surface area contributed by atoms with Gasteiger partial charge in [0.25, 0.3) is 15.9 Å². The highest BCUT2D eigenvalue weighted by Crippen LogP contribution is 2.32. The number of amides is 1. The Bertz CT molecular complexity index is 1200. The second-order valence-electron chi connectivity index (χ2n) is 6.80. The minimum Gasteiger partial charge on any atom is -0.490 e. The second kappa shape index (κ2) is 8.87. The first-order valence-electron chi connectivity index (χ1n) is 9.50. The topological polar surface area (TPSA) is 93.7 Å². The van der Waals surface area contributed by atoms with E-state index in [1.54, 1.807) is 42.5 Å². The van der Waals surface area contributed by atoms with E-state index in [-0.39, 0.29) is 10.8 Å². The molecule has 3 aromatic carbocycles. The molecule has 0 saturated carbocycles. The highest BCUT2D eigenvalue weighted by atomic mass is 35.5. The van der Waals surface area contributed by atoms with Crippen molar-refractivity contribution in [3.05, 3.63) is 77.3 Å². The second-order valence-corrected chi connectivity index (χ2v) is 8.92. The summed E-state index contributed by atoms with van der Waals surface area (Å²) in [5.74, 6) is 0.840.